The lowest BCUT2D eigenvalue weighted by Gasteiger charge is -2.01. The number of aliphatic hydroxyl groups is 1. The Kier molecular flexibility index (Phi) is 5.89. The molecule has 3 N–H and O–H groups in total. The van der Waals surface area contributed by atoms with E-state index in [2.05, 4.69) is 4.74 Å². The molecule has 1 aromatic carbocycles. The van der Waals surface area contributed by atoms with E-state index in [4.69, 9.17) is 15.3 Å². The summed E-state index contributed by atoms with van der Waals surface area (Å²) in [5.41, 5.74) is 0.599. The minimum absolute atomic E-state index is 0.0876. The van der Waals surface area contributed by atoms with Crippen LogP contribution in [0.4, 0.5) is 0 Å². The Hall–Kier alpha value is -1.75. The largest absolute Gasteiger partial charge is 0.504 e. The maximum Gasteiger partial charge on any atom is 0.309 e. The number of phenolic OH excluding ortho intramolecular Hbond substituents is 2. The Balaban J connectivity index is 0.000000921. The van der Waals surface area contributed by atoms with Crippen LogP contribution in [0.2, 0.25) is 0 Å². The number of aliphatic hydroxyl groups excluding tert-OH is 1. The van der Waals surface area contributed by atoms with Crippen LogP contribution in [-0.2, 0) is 16.0 Å². The zero-order valence-electron chi connectivity index (χ0n) is 8.60. The Morgan fingerprint density at radius 2 is 1.87 bits per heavy atom. The first-order valence-corrected chi connectivity index (χ1v) is 4.16. The number of esters is 1. The van der Waals surface area contributed by atoms with Gasteiger partial charge < -0.3 is 20.1 Å². The van der Waals surface area contributed by atoms with Crippen molar-refractivity contribution in [1.82, 2.24) is 0 Å². The van der Waals surface area contributed by atoms with Crippen molar-refractivity contribution in [1.29, 1.82) is 0 Å². The molecule has 0 aliphatic carbocycles. The van der Waals surface area contributed by atoms with Gasteiger partial charge in [0.1, 0.15) is 0 Å². The second-order valence-corrected chi connectivity index (χ2v) is 2.58. The van der Waals surface area contributed by atoms with Gasteiger partial charge in [0.15, 0.2) is 11.5 Å². The fourth-order valence-electron chi connectivity index (χ4n) is 0.918. The van der Waals surface area contributed by atoms with Gasteiger partial charge >= 0.3 is 5.97 Å². The Labute approximate surface area is 87.6 Å². The van der Waals surface area contributed by atoms with Crippen LogP contribution in [0, 0.1) is 0 Å². The van der Waals surface area contributed by atoms with Crippen LogP contribution < -0.4 is 0 Å². The molecule has 0 amide bonds. The van der Waals surface area contributed by atoms with E-state index in [0.29, 0.717) is 5.56 Å². The Morgan fingerprint density at radius 3 is 2.33 bits per heavy atom. The van der Waals surface area contributed by atoms with Crippen molar-refractivity contribution >= 4 is 5.97 Å². The summed E-state index contributed by atoms with van der Waals surface area (Å²) < 4.78 is 4.44. The number of aromatic hydroxyl groups is 2. The van der Waals surface area contributed by atoms with E-state index in [1.807, 2.05) is 0 Å². The summed E-state index contributed by atoms with van der Waals surface area (Å²) in [6, 6.07) is 4.20. The third kappa shape index (κ3) is 4.33. The van der Waals surface area contributed by atoms with E-state index < -0.39 is 0 Å². The second-order valence-electron chi connectivity index (χ2n) is 2.58. The average Bonchev–Trinajstić information content (AvgIpc) is 2.26. The van der Waals surface area contributed by atoms with E-state index in [1.165, 1.54) is 19.2 Å². The highest BCUT2D eigenvalue weighted by Gasteiger charge is 2.05. The number of methoxy groups -OCH3 is 1. The quantitative estimate of drug-likeness (QED) is 0.490. The van der Waals surface area contributed by atoms with Crippen molar-refractivity contribution in [2.45, 2.75) is 6.42 Å². The zero-order chi connectivity index (χ0) is 11.8. The van der Waals surface area contributed by atoms with Gasteiger partial charge in [-0.1, -0.05) is 6.07 Å². The molecule has 0 unspecified atom stereocenters. The highest BCUT2D eigenvalue weighted by Crippen LogP contribution is 2.24. The molecule has 0 radical (unpaired) electrons. The first-order chi connectivity index (χ1) is 7.13. The molecule has 0 fully saturated rings. The van der Waals surface area contributed by atoms with Gasteiger partial charge in [-0.15, -0.1) is 0 Å². The van der Waals surface area contributed by atoms with Crippen molar-refractivity contribution in [2.24, 2.45) is 0 Å². The highest BCUT2D eigenvalue weighted by atomic mass is 16.5. The lowest BCUT2D eigenvalue weighted by molar-refractivity contribution is -0.139. The predicted octanol–water partition coefficient (Wildman–Crippen LogP) is 0.422. The number of ether oxygens (including phenoxy) is 1. The number of hydrogen-bond acceptors (Lipinski definition) is 5. The molecule has 0 spiro atoms. The number of hydrogen-bond donors (Lipinski definition) is 3. The molecule has 5 nitrogen and oxygen atoms in total. The van der Waals surface area contributed by atoms with E-state index in [9.17, 15) is 4.79 Å². The standard InChI is InChI=1S/C9H10O4.CH4O/c1-13-9(12)5-6-2-3-7(10)8(11)4-6;1-2/h2-4,10-11H,5H2,1H3;2H,1H3. The SMILES string of the molecule is CO.COC(=O)Cc1ccc(O)c(O)c1. The molecule has 84 valence electrons. The van der Waals surface area contributed by atoms with Gasteiger partial charge in [-0.2, -0.15) is 0 Å². The topological polar surface area (TPSA) is 87.0 Å². The first-order valence-electron chi connectivity index (χ1n) is 4.16. The summed E-state index contributed by atoms with van der Waals surface area (Å²) in [5.74, 6) is -0.819. The molecule has 0 aliphatic rings. The van der Waals surface area contributed by atoms with E-state index in [-0.39, 0.29) is 23.9 Å². The monoisotopic (exact) mass is 214 g/mol. The molecule has 0 aromatic heterocycles. The molecule has 0 bridgehead atoms. The lowest BCUT2D eigenvalue weighted by atomic mass is 10.1. The average molecular weight is 214 g/mol. The van der Waals surface area contributed by atoms with Crippen LogP contribution in [-0.4, -0.2) is 35.5 Å². The van der Waals surface area contributed by atoms with Crippen LogP contribution in [0.1, 0.15) is 5.56 Å². The van der Waals surface area contributed by atoms with E-state index in [1.54, 1.807) is 6.07 Å². The number of rotatable bonds is 2. The molecule has 5 heteroatoms. The molecule has 0 saturated carbocycles. The Bertz CT molecular complexity index is 322. The van der Waals surface area contributed by atoms with Crippen LogP contribution in [0.3, 0.4) is 0 Å². The highest BCUT2D eigenvalue weighted by molar-refractivity contribution is 5.72. The number of benzene rings is 1. The summed E-state index contributed by atoms with van der Waals surface area (Å²) in [6.07, 6.45) is 0.0876. The van der Waals surface area contributed by atoms with Gasteiger partial charge in [-0.25, -0.2) is 0 Å². The summed E-state index contributed by atoms with van der Waals surface area (Å²) in [7, 11) is 2.29. The van der Waals surface area contributed by atoms with Gasteiger partial charge in [0.2, 0.25) is 0 Å². The van der Waals surface area contributed by atoms with Crippen molar-refractivity contribution in [3.8, 4) is 11.5 Å². The first kappa shape index (κ1) is 13.2. The van der Waals surface area contributed by atoms with Gasteiger partial charge in [0.25, 0.3) is 0 Å². The fourth-order valence-corrected chi connectivity index (χ4v) is 0.918. The summed E-state index contributed by atoms with van der Waals surface area (Å²) in [5, 5.41) is 25.1. The normalized spacial score (nSPS) is 8.73. The van der Waals surface area contributed by atoms with Gasteiger partial charge in [0, 0.05) is 7.11 Å². The Morgan fingerprint density at radius 1 is 1.27 bits per heavy atom. The molecule has 1 rings (SSSR count). The zero-order valence-corrected chi connectivity index (χ0v) is 8.60. The van der Waals surface area contributed by atoms with E-state index >= 15 is 0 Å². The minimum Gasteiger partial charge on any atom is -0.504 e. The van der Waals surface area contributed by atoms with Crippen molar-refractivity contribution in [2.75, 3.05) is 14.2 Å². The second kappa shape index (κ2) is 6.67. The summed E-state index contributed by atoms with van der Waals surface area (Å²) in [6.45, 7) is 0. The van der Waals surface area contributed by atoms with Crippen LogP contribution in [0.25, 0.3) is 0 Å². The summed E-state index contributed by atoms with van der Waals surface area (Å²) >= 11 is 0. The van der Waals surface area contributed by atoms with Crippen molar-refractivity contribution in [3.63, 3.8) is 0 Å². The van der Waals surface area contributed by atoms with Crippen LogP contribution >= 0.6 is 0 Å². The molecular formula is C10H14O5. The van der Waals surface area contributed by atoms with Crippen LogP contribution in [0.15, 0.2) is 18.2 Å². The summed E-state index contributed by atoms with van der Waals surface area (Å²) in [4.78, 5) is 10.8. The number of carbonyl (C=O) groups is 1. The number of carbonyl (C=O) groups excluding carboxylic acids is 1. The molecule has 0 heterocycles. The minimum atomic E-state index is -0.384. The molecule has 15 heavy (non-hydrogen) atoms. The predicted molar refractivity (Wildman–Crippen MR) is 53.6 cm³/mol. The van der Waals surface area contributed by atoms with Gasteiger partial charge in [0.05, 0.1) is 13.5 Å². The van der Waals surface area contributed by atoms with Crippen molar-refractivity contribution < 1.29 is 24.9 Å². The molecule has 0 aliphatic heterocycles. The third-order valence-corrected chi connectivity index (χ3v) is 1.62. The third-order valence-electron chi connectivity index (χ3n) is 1.62. The van der Waals surface area contributed by atoms with Gasteiger partial charge in [-0.05, 0) is 17.7 Å². The number of phenols is 2. The van der Waals surface area contributed by atoms with Gasteiger partial charge in [-0.3, -0.25) is 4.79 Å². The van der Waals surface area contributed by atoms with Crippen molar-refractivity contribution in [3.05, 3.63) is 23.8 Å². The lowest BCUT2D eigenvalue weighted by Crippen LogP contribution is -2.03. The smallest absolute Gasteiger partial charge is 0.309 e. The van der Waals surface area contributed by atoms with E-state index in [0.717, 1.165) is 7.11 Å². The maximum absolute atomic E-state index is 10.8. The molecular weight excluding hydrogens is 200 g/mol. The molecule has 1 aromatic rings. The maximum atomic E-state index is 10.8. The molecule has 0 saturated heterocycles. The van der Waals surface area contributed by atoms with Crippen LogP contribution in [0.5, 0.6) is 11.5 Å². The molecule has 0 atom stereocenters. The fraction of sp³-hybridized carbons (Fsp3) is 0.300.